The largest absolute Gasteiger partial charge is 0.466 e. The van der Waals surface area contributed by atoms with E-state index in [1.807, 2.05) is 25.1 Å². The van der Waals surface area contributed by atoms with Gasteiger partial charge in [0.2, 0.25) is 0 Å². The van der Waals surface area contributed by atoms with Gasteiger partial charge in [-0.15, -0.1) is 0 Å². The molecule has 0 aromatic heterocycles. The Kier molecular flexibility index (Phi) is 6.06. The zero-order chi connectivity index (χ0) is 14.3. The van der Waals surface area contributed by atoms with Gasteiger partial charge in [0, 0.05) is 0 Å². The summed E-state index contributed by atoms with van der Waals surface area (Å²) in [5, 5.41) is 0. The molecule has 0 atom stereocenters. The van der Waals surface area contributed by atoms with Gasteiger partial charge in [0.05, 0.1) is 26.1 Å². The molecule has 0 spiro atoms. The third-order valence-electron chi connectivity index (χ3n) is 2.50. The lowest BCUT2D eigenvalue weighted by molar-refractivity contribution is -0.143. The molecule has 0 heterocycles. The SMILES string of the molecule is CCOC(=O)Cc1cc(C)cc(CC(=O)OCC)c1. The van der Waals surface area contributed by atoms with E-state index in [2.05, 4.69) is 0 Å². The predicted molar refractivity (Wildman–Crippen MR) is 71.9 cm³/mol. The fourth-order valence-corrected chi connectivity index (χ4v) is 1.91. The topological polar surface area (TPSA) is 52.6 Å². The lowest BCUT2D eigenvalue weighted by Crippen LogP contribution is -2.10. The number of aryl methyl sites for hydroxylation is 1. The lowest BCUT2D eigenvalue weighted by Gasteiger charge is -2.07. The van der Waals surface area contributed by atoms with Crippen molar-refractivity contribution in [2.45, 2.75) is 33.6 Å². The van der Waals surface area contributed by atoms with Crippen LogP contribution in [0, 0.1) is 6.92 Å². The van der Waals surface area contributed by atoms with Crippen molar-refractivity contribution >= 4 is 11.9 Å². The minimum Gasteiger partial charge on any atom is -0.466 e. The Hall–Kier alpha value is -1.84. The summed E-state index contributed by atoms with van der Waals surface area (Å²) in [5.74, 6) is -0.509. The first-order chi connectivity index (χ1) is 9.05. The number of ether oxygens (including phenoxy) is 2. The van der Waals surface area contributed by atoms with Crippen LogP contribution in [0.2, 0.25) is 0 Å². The van der Waals surface area contributed by atoms with E-state index in [4.69, 9.17) is 9.47 Å². The molecule has 1 rings (SSSR count). The van der Waals surface area contributed by atoms with Crippen LogP contribution in [-0.4, -0.2) is 25.2 Å². The van der Waals surface area contributed by atoms with Gasteiger partial charge in [0.15, 0.2) is 0 Å². The highest BCUT2D eigenvalue weighted by Crippen LogP contribution is 2.12. The maximum Gasteiger partial charge on any atom is 0.310 e. The molecule has 104 valence electrons. The molecule has 4 heteroatoms. The van der Waals surface area contributed by atoms with Gasteiger partial charge in [-0.1, -0.05) is 23.8 Å². The summed E-state index contributed by atoms with van der Waals surface area (Å²) in [6.45, 7) is 6.24. The number of hydrogen-bond donors (Lipinski definition) is 0. The van der Waals surface area contributed by atoms with Gasteiger partial charge in [0.25, 0.3) is 0 Å². The molecular weight excluding hydrogens is 244 g/mol. The number of carbonyl (C=O) groups excluding carboxylic acids is 2. The second kappa shape index (κ2) is 7.56. The van der Waals surface area contributed by atoms with E-state index in [9.17, 15) is 9.59 Å². The van der Waals surface area contributed by atoms with Crippen molar-refractivity contribution in [1.82, 2.24) is 0 Å². The van der Waals surface area contributed by atoms with Crippen LogP contribution in [-0.2, 0) is 31.9 Å². The highest BCUT2D eigenvalue weighted by atomic mass is 16.5. The van der Waals surface area contributed by atoms with Crippen molar-refractivity contribution in [2.75, 3.05) is 13.2 Å². The van der Waals surface area contributed by atoms with E-state index in [1.165, 1.54) is 0 Å². The molecular formula is C15H20O4. The third kappa shape index (κ3) is 5.55. The fourth-order valence-electron chi connectivity index (χ4n) is 1.91. The zero-order valence-electron chi connectivity index (χ0n) is 11.7. The average molecular weight is 264 g/mol. The smallest absolute Gasteiger partial charge is 0.310 e. The molecule has 19 heavy (non-hydrogen) atoms. The molecule has 0 amide bonds. The van der Waals surface area contributed by atoms with Crippen LogP contribution in [0.1, 0.15) is 30.5 Å². The summed E-state index contributed by atoms with van der Waals surface area (Å²) < 4.78 is 9.83. The van der Waals surface area contributed by atoms with Crippen molar-refractivity contribution in [3.63, 3.8) is 0 Å². The van der Waals surface area contributed by atoms with E-state index in [1.54, 1.807) is 13.8 Å². The summed E-state index contributed by atoms with van der Waals surface area (Å²) in [6, 6.07) is 5.69. The summed E-state index contributed by atoms with van der Waals surface area (Å²) in [7, 11) is 0. The van der Waals surface area contributed by atoms with Crippen molar-refractivity contribution < 1.29 is 19.1 Å². The zero-order valence-corrected chi connectivity index (χ0v) is 11.7. The van der Waals surface area contributed by atoms with E-state index < -0.39 is 0 Å². The van der Waals surface area contributed by atoms with Crippen molar-refractivity contribution in [1.29, 1.82) is 0 Å². The van der Waals surface area contributed by atoms with Crippen LogP contribution >= 0.6 is 0 Å². The first-order valence-corrected chi connectivity index (χ1v) is 6.45. The van der Waals surface area contributed by atoms with Gasteiger partial charge in [-0.3, -0.25) is 9.59 Å². The molecule has 0 aliphatic rings. The Balaban J connectivity index is 2.76. The van der Waals surface area contributed by atoms with Crippen molar-refractivity contribution in [3.8, 4) is 0 Å². The second-order valence-corrected chi connectivity index (χ2v) is 4.29. The maximum absolute atomic E-state index is 11.4. The van der Waals surface area contributed by atoms with Crippen LogP contribution in [0.3, 0.4) is 0 Å². The molecule has 0 aliphatic carbocycles. The number of rotatable bonds is 6. The van der Waals surface area contributed by atoms with E-state index >= 15 is 0 Å². The molecule has 0 N–H and O–H groups in total. The fraction of sp³-hybridized carbons (Fsp3) is 0.467. The second-order valence-electron chi connectivity index (χ2n) is 4.29. The Morgan fingerprint density at radius 3 is 1.68 bits per heavy atom. The van der Waals surface area contributed by atoms with Crippen LogP contribution in [0.4, 0.5) is 0 Å². The van der Waals surface area contributed by atoms with Gasteiger partial charge in [0.1, 0.15) is 0 Å². The van der Waals surface area contributed by atoms with E-state index in [0.29, 0.717) is 13.2 Å². The number of esters is 2. The Morgan fingerprint density at radius 1 is 0.895 bits per heavy atom. The predicted octanol–water partition coefficient (Wildman–Crippen LogP) is 2.21. The van der Waals surface area contributed by atoms with Gasteiger partial charge in [-0.05, 0) is 31.9 Å². The van der Waals surface area contributed by atoms with Crippen LogP contribution in [0.25, 0.3) is 0 Å². The van der Waals surface area contributed by atoms with Gasteiger partial charge in [-0.25, -0.2) is 0 Å². The minimum absolute atomic E-state index is 0.228. The maximum atomic E-state index is 11.4. The van der Waals surface area contributed by atoms with Crippen molar-refractivity contribution in [2.24, 2.45) is 0 Å². The van der Waals surface area contributed by atoms with Gasteiger partial charge in [-0.2, -0.15) is 0 Å². The molecule has 0 saturated carbocycles. The van der Waals surface area contributed by atoms with Crippen molar-refractivity contribution in [3.05, 3.63) is 34.9 Å². The highest BCUT2D eigenvalue weighted by Gasteiger charge is 2.09. The molecule has 0 bridgehead atoms. The van der Waals surface area contributed by atoms with Gasteiger partial charge < -0.3 is 9.47 Å². The molecule has 0 fully saturated rings. The monoisotopic (exact) mass is 264 g/mol. The molecule has 1 aromatic carbocycles. The molecule has 1 aromatic rings. The minimum atomic E-state index is -0.254. The number of benzene rings is 1. The van der Waals surface area contributed by atoms with Crippen LogP contribution in [0.5, 0.6) is 0 Å². The van der Waals surface area contributed by atoms with E-state index in [0.717, 1.165) is 16.7 Å². The van der Waals surface area contributed by atoms with Crippen LogP contribution in [0.15, 0.2) is 18.2 Å². The number of carbonyl (C=O) groups is 2. The van der Waals surface area contributed by atoms with E-state index in [-0.39, 0.29) is 24.8 Å². The molecule has 0 saturated heterocycles. The first-order valence-electron chi connectivity index (χ1n) is 6.45. The summed E-state index contributed by atoms with van der Waals surface area (Å²) in [4.78, 5) is 22.9. The third-order valence-corrected chi connectivity index (χ3v) is 2.50. The van der Waals surface area contributed by atoms with Crippen LogP contribution < -0.4 is 0 Å². The lowest BCUT2D eigenvalue weighted by atomic mass is 10.0. The Bertz CT molecular complexity index is 413. The molecule has 0 radical (unpaired) electrons. The first kappa shape index (κ1) is 15.2. The number of hydrogen-bond acceptors (Lipinski definition) is 4. The summed E-state index contributed by atoms with van der Waals surface area (Å²) >= 11 is 0. The quantitative estimate of drug-likeness (QED) is 0.739. The molecule has 0 aliphatic heterocycles. The standard InChI is InChI=1S/C15H20O4/c1-4-18-14(16)9-12-6-11(3)7-13(8-12)10-15(17)19-5-2/h6-8H,4-5,9-10H2,1-3H3. The Labute approximate surface area is 113 Å². The highest BCUT2D eigenvalue weighted by molar-refractivity contribution is 5.74. The molecule has 0 unspecified atom stereocenters. The average Bonchev–Trinajstić information content (AvgIpc) is 2.28. The summed E-state index contributed by atoms with van der Waals surface area (Å²) in [6.07, 6.45) is 0.455. The molecule has 4 nitrogen and oxygen atoms in total. The Morgan fingerprint density at radius 2 is 1.32 bits per heavy atom. The van der Waals surface area contributed by atoms with Gasteiger partial charge >= 0.3 is 11.9 Å². The normalized spacial score (nSPS) is 10.1. The summed E-state index contributed by atoms with van der Waals surface area (Å²) in [5.41, 5.74) is 2.73.